The van der Waals surface area contributed by atoms with Crippen molar-refractivity contribution in [2.45, 2.75) is 19.0 Å². The number of hydrogen-bond donors (Lipinski definition) is 1. The lowest BCUT2D eigenvalue weighted by Crippen LogP contribution is -2.36. The second-order valence-electron chi connectivity index (χ2n) is 8.52. The van der Waals surface area contributed by atoms with Crippen LogP contribution < -0.4 is 5.32 Å². The summed E-state index contributed by atoms with van der Waals surface area (Å²) in [6.45, 7) is 3.87. The minimum atomic E-state index is -0.227. The number of amides is 2. The van der Waals surface area contributed by atoms with E-state index in [2.05, 4.69) is 5.32 Å². The molecule has 0 atom stereocenters. The number of carbonyl (C=O) groups excluding carboxylic acids is 2. The molecule has 3 aromatic carbocycles. The molecule has 176 valence electrons. The van der Waals surface area contributed by atoms with E-state index in [1.54, 1.807) is 7.05 Å². The zero-order valence-corrected chi connectivity index (χ0v) is 20.6. The number of carbonyl (C=O) groups is 2. The Morgan fingerprint density at radius 3 is 2.37 bits per heavy atom. The smallest absolute Gasteiger partial charge is 0.243 e. The number of benzene rings is 3. The van der Waals surface area contributed by atoms with Crippen LogP contribution in [0, 0.1) is 13.8 Å². The van der Waals surface area contributed by atoms with Gasteiger partial charge in [0.15, 0.2) is 5.16 Å². The van der Waals surface area contributed by atoms with Crippen LogP contribution in [-0.2, 0) is 9.59 Å². The standard InChI is InChI=1S/C27H25N5O2S/c1-17-9-8-10-18(2)25(17)30-23(33)15-31(3)24(34)16-35-27-29-20-12-5-4-11-19(20)26-28-21-13-6-7-14-22(21)32(26)27/h4-14H,15-16H2,1-3H3,(H,30,33). The van der Waals surface area contributed by atoms with Crippen LogP contribution in [0.2, 0.25) is 0 Å². The fourth-order valence-electron chi connectivity index (χ4n) is 4.14. The molecule has 0 radical (unpaired) electrons. The highest BCUT2D eigenvalue weighted by Gasteiger charge is 2.18. The number of likely N-dealkylation sites (N-methyl/N-ethyl adjacent to an activating group) is 1. The van der Waals surface area contributed by atoms with Gasteiger partial charge in [-0.15, -0.1) is 0 Å². The molecule has 0 saturated heterocycles. The number of nitrogens with zero attached hydrogens (tertiary/aromatic N) is 4. The Bertz CT molecular complexity index is 1570. The molecule has 0 fully saturated rings. The van der Waals surface area contributed by atoms with Crippen LogP contribution in [0.1, 0.15) is 11.1 Å². The van der Waals surface area contributed by atoms with Gasteiger partial charge in [0.25, 0.3) is 0 Å². The molecule has 0 unspecified atom stereocenters. The second kappa shape index (κ2) is 9.38. The van der Waals surface area contributed by atoms with Gasteiger partial charge in [0.2, 0.25) is 11.8 Å². The van der Waals surface area contributed by atoms with Crippen LogP contribution in [0.3, 0.4) is 0 Å². The third-order valence-electron chi connectivity index (χ3n) is 5.99. The second-order valence-corrected chi connectivity index (χ2v) is 9.47. The Balaban J connectivity index is 1.35. The number of fused-ring (bicyclic) bond motifs is 5. The van der Waals surface area contributed by atoms with Crippen LogP contribution in [0.4, 0.5) is 5.69 Å². The van der Waals surface area contributed by atoms with Crippen molar-refractivity contribution < 1.29 is 9.59 Å². The van der Waals surface area contributed by atoms with Crippen molar-refractivity contribution in [1.29, 1.82) is 0 Å². The topological polar surface area (TPSA) is 79.6 Å². The monoisotopic (exact) mass is 483 g/mol. The molecule has 0 aliphatic heterocycles. The van der Waals surface area contributed by atoms with Crippen molar-refractivity contribution in [2.75, 3.05) is 24.7 Å². The number of hydrogen-bond acceptors (Lipinski definition) is 5. The molecule has 5 aromatic rings. The number of thioether (sulfide) groups is 1. The van der Waals surface area contributed by atoms with Gasteiger partial charge >= 0.3 is 0 Å². The molecule has 2 aromatic heterocycles. The zero-order valence-electron chi connectivity index (χ0n) is 19.8. The molecule has 0 aliphatic rings. The summed E-state index contributed by atoms with van der Waals surface area (Å²) in [5.74, 6) is -0.227. The van der Waals surface area contributed by atoms with Gasteiger partial charge < -0.3 is 10.2 Å². The van der Waals surface area contributed by atoms with Crippen molar-refractivity contribution in [1.82, 2.24) is 19.3 Å². The summed E-state index contributed by atoms with van der Waals surface area (Å²) < 4.78 is 2.00. The summed E-state index contributed by atoms with van der Waals surface area (Å²) in [5.41, 5.74) is 6.22. The summed E-state index contributed by atoms with van der Waals surface area (Å²) in [5, 5.41) is 4.58. The normalized spacial score (nSPS) is 11.3. The van der Waals surface area contributed by atoms with Gasteiger partial charge in [0, 0.05) is 18.1 Å². The van der Waals surface area contributed by atoms with Gasteiger partial charge in [-0.3, -0.25) is 14.0 Å². The summed E-state index contributed by atoms with van der Waals surface area (Å²) in [6, 6.07) is 21.6. The predicted molar refractivity (Wildman–Crippen MR) is 141 cm³/mol. The maximum Gasteiger partial charge on any atom is 0.243 e. The maximum atomic E-state index is 12.9. The van der Waals surface area contributed by atoms with E-state index in [-0.39, 0.29) is 24.1 Å². The van der Waals surface area contributed by atoms with Gasteiger partial charge in [0.1, 0.15) is 5.65 Å². The van der Waals surface area contributed by atoms with Crippen molar-refractivity contribution >= 4 is 56.8 Å². The molecule has 0 saturated carbocycles. The van der Waals surface area contributed by atoms with E-state index in [9.17, 15) is 9.59 Å². The first-order chi connectivity index (χ1) is 16.9. The van der Waals surface area contributed by atoms with Crippen LogP contribution in [0.15, 0.2) is 71.9 Å². The fourth-order valence-corrected chi connectivity index (χ4v) is 5.09. The third-order valence-corrected chi connectivity index (χ3v) is 6.91. The molecule has 5 rings (SSSR count). The quantitative estimate of drug-likeness (QED) is 0.276. The molecular formula is C27H25N5O2S. The van der Waals surface area contributed by atoms with Crippen LogP contribution in [0.25, 0.3) is 27.6 Å². The lowest BCUT2D eigenvalue weighted by Gasteiger charge is -2.18. The number of anilines is 1. The first-order valence-electron chi connectivity index (χ1n) is 11.3. The van der Waals surface area contributed by atoms with Crippen LogP contribution in [0.5, 0.6) is 0 Å². The van der Waals surface area contributed by atoms with E-state index in [1.165, 1.54) is 16.7 Å². The average Bonchev–Trinajstić information content (AvgIpc) is 3.25. The Morgan fingerprint density at radius 2 is 1.60 bits per heavy atom. The van der Waals surface area contributed by atoms with Crippen molar-refractivity contribution in [3.63, 3.8) is 0 Å². The average molecular weight is 484 g/mol. The lowest BCUT2D eigenvalue weighted by atomic mass is 10.1. The number of aromatic nitrogens is 3. The Kier molecular flexibility index (Phi) is 6.13. The minimum absolute atomic E-state index is 0.0261. The molecule has 2 heterocycles. The summed E-state index contributed by atoms with van der Waals surface area (Å²) in [7, 11) is 1.64. The van der Waals surface area contributed by atoms with Gasteiger partial charge in [-0.05, 0) is 49.2 Å². The summed E-state index contributed by atoms with van der Waals surface area (Å²) in [6.07, 6.45) is 0. The Hall–Kier alpha value is -3.91. The minimum Gasteiger partial charge on any atom is -0.336 e. The highest BCUT2D eigenvalue weighted by Crippen LogP contribution is 2.29. The molecule has 1 N–H and O–H groups in total. The molecule has 0 spiro atoms. The number of para-hydroxylation sites is 4. The van der Waals surface area contributed by atoms with Gasteiger partial charge in [-0.2, -0.15) is 0 Å². The molecule has 35 heavy (non-hydrogen) atoms. The fraction of sp³-hybridized carbons (Fsp3) is 0.185. The van der Waals surface area contributed by atoms with E-state index in [1.807, 2.05) is 85.0 Å². The molecule has 7 nitrogen and oxygen atoms in total. The number of aryl methyl sites for hydroxylation is 2. The van der Waals surface area contributed by atoms with Gasteiger partial charge in [-0.1, -0.05) is 54.2 Å². The predicted octanol–water partition coefficient (Wildman–Crippen LogP) is 4.84. The number of rotatable bonds is 6. The van der Waals surface area contributed by atoms with Gasteiger partial charge in [-0.25, -0.2) is 9.97 Å². The summed E-state index contributed by atoms with van der Waals surface area (Å²) in [4.78, 5) is 36.6. The molecule has 2 amide bonds. The van der Waals surface area contributed by atoms with Crippen LogP contribution >= 0.6 is 11.8 Å². The first-order valence-corrected chi connectivity index (χ1v) is 12.3. The van der Waals surface area contributed by atoms with Gasteiger partial charge in [0.05, 0.1) is 28.8 Å². The van der Waals surface area contributed by atoms with E-state index in [4.69, 9.17) is 9.97 Å². The highest BCUT2D eigenvalue weighted by molar-refractivity contribution is 7.99. The lowest BCUT2D eigenvalue weighted by molar-refractivity contribution is -0.131. The molecule has 0 aliphatic carbocycles. The van der Waals surface area contributed by atoms with Crippen molar-refractivity contribution in [3.05, 3.63) is 77.9 Å². The number of nitrogens with one attached hydrogen (secondary N) is 1. The maximum absolute atomic E-state index is 12.9. The SMILES string of the molecule is Cc1cccc(C)c1NC(=O)CN(C)C(=O)CSc1nc2ccccc2c2nc3ccccc3n12. The van der Waals surface area contributed by atoms with Crippen molar-refractivity contribution in [2.24, 2.45) is 0 Å². The van der Waals surface area contributed by atoms with Crippen molar-refractivity contribution in [3.8, 4) is 0 Å². The molecule has 8 heteroatoms. The third kappa shape index (κ3) is 4.44. The molecular weight excluding hydrogens is 458 g/mol. The van der Waals surface area contributed by atoms with E-state index in [0.29, 0.717) is 5.16 Å². The first kappa shape index (κ1) is 22.9. The Labute approximate surface area is 207 Å². The Morgan fingerprint density at radius 1 is 0.914 bits per heavy atom. The van der Waals surface area contributed by atoms with E-state index < -0.39 is 0 Å². The highest BCUT2D eigenvalue weighted by atomic mass is 32.2. The van der Waals surface area contributed by atoms with Crippen LogP contribution in [-0.4, -0.2) is 50.4 Å². The zero-order chi connectivity index (χ0) is 24.5. The van der Waals surface area contributed by atoms with E-state index in [0.717, 1.165) is 44.4 Å². The largest absolute Gasteiger partial charge is 0.336 e. The van der Waals surface area contributed by atoms with E-state index >= 15 is 0 Å². The summed E-state index contributed by atoms with van der Waals surface area (Å²) >= 11 is 1.35. The number of imidazole rings is 1. The molecule has 0 bridgehead atoms.